The number of ether oxygens (including phenoxy) is 6. The van der Waals surface area contributed by atoms with Crippen LogP contribution in [-0.4, -0.2) is 62.9 Å². The number of carbonyl (C=O) groups excluding carboxylic acids is 4. The number of hydrogen-bond donors (Lipinski definition) is 0. The topological polar surface area (TPSA) is 124 Å². The van der Waals surface area contributed by atoms with E-state index in [1.165, 1.54) is 89.2 Å². The molecule has 5 rings (SSSR count). The van der Waals surface area contributed by atoms with Gasteiger partial charge in [-0.05, 0) is 113 Å². The largest absolute Gasteiger partial charge is 0.463 e. The van der Waals surface area contributed by atoms with Gasteiger partial charge in [-0.1, -0.05) is 90.2 Å². The van der Waals surface area contributed by atoms with Gasteiger partial charge in [0.05, 0.1) is 38.3 Å². The van der Waals surface area contributed by atoms with Crippen LogP contribution in [0.4, 0.5) is 0 Å². The highest BCUT2D eigenvalue weighted by Gasteiger charge is 2.39. The molecule has 0 spiro atoms. The third-order valence-electron chi connectivity index (χ3n) is 13.9. The summed E-state index contributed by atoms with van der Waals surface area (Å²) in [6.07, 6.45) is 27.3. The van der Waals surface area contributed by atoms with Gasteiger partial charge in [-0.15, -0.1) is 0 Å². The van der Waals surface area contributed by atoms with E-state index >= 15 is 0 Å². The molecule has 0 bridgehead atoms. The summed E-state index contributed by atoms with van der Waals surface area (Å²) in [6, 6.07) is 0. The second-order valence-corrected chi connectivity index (χ2v) is 17.7. The summed E-state index contributed by atoms with van der Waals surface area (Å²) in [5.41, 5.74) is 0. The van der Waals surface area contributed by atoms with E-state index in [1.54, 1.807) is 0 Å². The fourth-order valence-corrected chi connectivity index (χ4v) is 10.2. The van der Waals surface area contributed by atoms with Crippen LogP contribution in [0.15, 0.2) is 25.3 Å². The predicted octanol–water partition coefficient (Wildman–Crippen LogP) is 9.58. The van der Waals surface area contributed by atoms with Crippen molar-refractivity contribution < 1.29 is 47.6 Å². The van der Waals surface area contributed by atoms with Gasteiger partial charge in [0.1, 0.15) is 0 Å². The first-order valence-electron chi connectivity index (χ1n) is 22.5. The van der Waals surface area contributed by atoms with E-state index in [2.05, 4.69) is 13.2 Å². The number of hydrogen-bond acceptors (Lipinski definition) is 10. The summed E-state index contributed by atoms with van der Waals surface area (Å²) in [5, 5.41) is 0. The van der Waals surface area contributed by atoms with Gasteiger partial charge in [-0.3, -0.25) is 9.59 Å². The third-order valence-corrected chi connectivity index (χ3v) is 13.9. The molecule has 5 aliphatic rings. The van der Waals surface area contributed by atoms with Crippen LogP contribution in [0.3, 0.4) is 0 Å². The summed E-state index contributed by atoms with van der Waals surface area (Å²) in [7, 11) is 0. The molecule has 56 heavy (non-hydrogen) atoms. The van der Waals surface area contributed by atoms with Crippen molar-refractivity contribution in [1.82, 2.24) is 0 Å². The van der Waals surface area contributed by atoms with Crippen molar-refractivity contribution in [3.8, 4) is 0 Å². The Bertz CT molecular complexity index is 1120. The van der Waals surface area contributed by atoms with Crippen molar-refractivity contribution >= 4 is 23.9 Å². The molecular weight excluding hydrogens is 712 g/mol. The zero-order valence-corrected chi connectivity index (χ0v) is 34.2. The van der Waals surface area contributed by atoms with E-state index in [9.17, 15) is 19.2 Å². The SMILES string of the molecule is C=CC(=O)OCCCC1CCC(CCC2CCC(C(=O)O[C@H]3OCCO[C@@H]3OC(=O)C3CCC(CCC4CCC(CCCOC(=O)C=C)CC4)CC3)CC2)CC1. The number of rotatable bonds is 20. The van der Waals surface area contributed by atoms with E-state index < -0.39 is 12.6 Å². The Morgan fingerprint density at radius 2 is 0.732 bits per heavy atom. The van der Waals surface area contributed by atoms with Crippen LogP contribution in [0, 0.1) is 47.3 Å². The first-order chi connectivity index (χ1) is 27.3. The second-order valence-electron chi connectivity index (χ2n) is 17.7. The average molecular weight is 785 g/mol. The molecule has 0 aromatic rings. The summed E-state index contributed by atoms with van der Waals surface area (Å²) in [4.78, 5) is 48.9. The molecule has 4 aliphatic carbocycles. The molecule has 316 valence electrons. The molecule has 10 nitrogen and oxygen atoms in total. The van der Waals surface area contributed by atoms with Crippen LogP contribution < -0.4 is 0 Å². The van der Waals surface area contributed by atoms with Crippen molar-refractivity contribution in [2.75, 3.05) is 26.4 Å². The Balaban J connectivity index is 0.905. The normalized spacial score (nSPS) is 32.4. The Morgan fingerprint density at radius 1 is 0.446 bits per heavy atom. The predicted molar refractivity (Wildman–Crippen MR) is 213 cm³/mol. The molecule has 1 heterocycles. The molecule has 2 atom stereocenters. The second kappa shape index (κ2) is 24.3. The van der Waals surface area contributed by atoms with Crippen LogP contribution in [0.2, 0.25) is 0 Å². The lowest BCUT2D eigenvalue weighted by Crippen LogP contribution is -2.46. The van der Waals surface area contributed by atoms with Crippen molar-refractivity contribution in [2.24, 2.45) is 47.3 Å². The average Bonchev–Trinajstić information content (AvgIpc) is 3.24. The van der Waals surface area contributed by atoms with Crippen molar-refractivity contribution in [2.45, 2.75) is 167 Å². The summed E-state index contributed by atoms with van der Waals surface area (Å²) in [5.74, 6) is 2.91. The van der Waals surface area contributed by atoms with E-state index in [0.717, 1.165) is 101 Å². The standard InChI is InChI=1S/C46H72O10/c1-3-41(47)51-29-5-7-33-9-13-35(14-10-33)17-19-37-21-25-39(26-22-37)43(49)55-45-46(54-32-31-53-45)56-44(50)40-27-23-38(24-28-40)20-18-36-15-11-34(12-16-36)8-6-30-52-42(48)4-2/h3-4,33-40,45-46H,1-2,5-32H2/t33?,34?,35?,36?,37?,38?,39?,40?,45-,46-/m1/s1. The molecular formula is C46H72O10. The minimum atomic E-state index is -1.02. The molecule has 0 N–H and O–H groups in total. The quantitative estimate of drug-likeness (QED) is 0.0510. The van der Waals surface area contributed by atoms with Crippen LogP contribution in [-0.2, 0) is 47.6 Å². The highest BCUT2D eigenvalue weighted by Crippen LogP contribution is 2.40. The number of esters is 4. The van der Waals surface area contributed by atoms with Gasteiger partial charge in [-0.2, -0.15) is 0 Å². The van der Waals surface area contributed by atoms with Gasteiger partial charge in [0.15, 0.2) is 0 Å². The summed E-state index contributed by atoms with van der Waals surface area (Å²) in [6.45, 7) is 8.46. The summed E-state index contributed by atoms with van der Waals surface area (Å²) >= 11 is 0. The van der Waals surface area contributed by atoms with Gasteiger partial charge in [0.2, 0.25) is 0 Å². The molecule has 4 saturated carbocycles. The summed E-state index contributed by atoms with van der Waals surface area (Å²) < 4.78 is 33.4. The lowest BCUT2D eigenvalue weighted by Gasteiger charge is -2.35. The van der Waals surface area contributed by atoms with Gasteiger partial charge in [0, 0.05) is 12.2 Å². The fourth-order valence-electron chi connectivity index (χ4n) is 10.2. The zero-order chi connectivity index (χ0) is 39.5. The Morgan fingerprint density at radius 3 is 1.04 bits per heavy atom. The molecule has 10 heteroatoms. The van der Waals surface area contributed by atoms with Gasteiger partial charge in [-0.25, -0.2) is 9.59 Å². The van der Waals surface area contributed by atoms with Crippen LogP contribution in [0.1, 0.15) is 154 Å². The Labute approximate surface area is 336 Å². The van der Waals surface area contributed by atoms with E-state index in [-0.39, 0.29) is 35.7 Å². The van der Waals surface area contributed by atoms with E-state index in [4.69, 9.17) is 28.4 Å². The molecule has 0 unspecified atom stereocenters. The highest BCUT2D eigenvalue weighted by molar-refractivity contribution is 5.81. The minimum Gasteiger partial charge on any atom is -0.463 e. The Hall–Kier alpha value is -2.72. The van der Waals surface area contributed by atoms with Crippen LogP contribution in [0.25, 0.3) is 0 Å². The van der Waals surface area contributed by atoms with Crippen LogP contribution >= 0.6 is 0 Å². The molecule has 1 aliphatic heterocycles. The molecule has 0 radical (unpaired) electrons. The maximum Gasteiger partial charge on any atom is 0.330 e. The Kier molecular flexibility index (Phi) is 19.2. The zero-order valence-electron chi connectivity index (χ0n) is 34.2. The number of carbonyl (C=O) groups is 4. The molecule has 0 amide bonds. The smallest absolute Gasteiger partial charge is 0.330 e. The van der Waals surface area contributed by atoms with Gasteiger partial charge in [0.25, 0.3) is 12.6 Å². The molecule has 1 saturated heterocycles. The van der Waals surface area contributed by atoms with Gasteiger partial charge < -0.3 is 28.4 Å². The lowest BCUT2D eigenvalue weighted by molar-refractivity contribution is -0.305. The third kappa shape index (κ3) is 15.2. The molecule has 0 aromatic carbocycles. The minimum absolute atomic E-state index is 0.153. The van der Waals surface area contributed by atoms with Crippen LogP contribution in [0.5, 0.6) is 0 Å². The van der Waals surface area contributed by atoms with Crippen molar-refractivity contribution in [1.29, 1.82) is 0 Å². The van der Waals surface area contributed by atoms with E-state index in [0.29, 0.717) is 38.3 Å². The first kappa shape index (κ1) is 44.4. The highest BCUT2D eigenvalue weighted by atomic mass is 16.8. The first-order valence-corrected chi connectivity index (χ1v) is 22.5. The monoisotopic (exact) mass is 785 g/mol. The fraction of sp³-hybridized carbons (Fsp3) is 0.826. The molecule has 0 aromatic heterocycles. The maximum atomic E-state index is 13.3. The molecule has 5 fully saturated rings. The maximum absolute atomic E-state index is 13.3. The van der Waals surface area contributed by atoms with Crippen molar-refractivity contribution in [3.63, 3.8) is 0 Å². The van der Waals surface area contributed by atoms with E-state index in [1.807, 2.05) is 0 Å². The van der Waals surface area contributed by atoms with Crippen molar-refractivity contribution in [3.05, 3.63) is 25.3 Å². The van der Waals surface area contributed by atoms with Gasteiger partial charge >= 0.3 is 23.9 Å². The lowest BCUT2D eigenvalue weighted by atomic mass is 9.75.